The predicted octanol–water partition coefficient (Wildman–Crippen LogP) is 3.17. The Hall–Kier alpha value is -1.16. The Labute approximate surface area is 104 Å². The van der Waals surface area contributed by atoms with E-state index in [1.807, 2.05) is 24.4 Å². The van der Waals surface area contributed by atoms with E-state index >= 15 is 0 Å². The third-order valence-corrected chi connectivity index (χ3v) is 4.12. The molecule has 0 aliphatic carbocycles. The molecule has 2 heterocycles. The van der Waals surface area contributed by atoms with Crippen LogP contribution in [-0.4, -0.2) is 5.11 Å². The van der Waals surface area contributed by atoms with Crippen LogP contribution in [0.3, 0.4) is 0 Å². The minimum atomic E-state index is -0.521. The van der Waals surface area contributed by atoms with Crippen LogP contribution in [0, 0.1) is 6.92 Å². The number of aryl methyl sites for hydroxylation is 1. The topological polar surface area (TPSA) is 29.5 Å². The fourth-order valence-electron chi connectivity index (χ4n) is 2.22. The summed E-state index contributed by atoms with van der Waals surface area (Å²) in [5, 5.41) is 12.4. The molecule has 2 aromatic rings. The van der Waals surface area contributed by atoms with Crippen molar-refractivity contribution in [2.24, 2.45) is 0 Å². The van der Waals surface area contributed by atoms with Gasteiger partial charge in [-0.1, -0.05) is 18.2 Å². The van der Waals surface area contributed by atoms with Crippen molar-refractivity contribution in [3.8, 4) is 0 Å². The third-order valence-electron chi connectivity index (χ3n) is 3.25. The molecule has 2 nitrogen and oxygen atoms in total. The largest absolute Gasteiger partial charge is 0.384 e. The Kier molecular flexibility index (Phi) is 2.74. The number of hydrogen-bond donors (Lipinski definition) is 1. The first-order valence-corrected chi connectivity index (χ1v) is 6.55. The Morgan fingerprint density at radius 2 is 2.06 bits per heavy atom. The summed E-state index contributed by atoms with van der Waals surface area (Å²) in [6.45, 7) is 3.40. The van der Waals surface area contributed by atoms with Gasteiger partial charge in [0.05, 0.1) is 13.2 Å². The van der Waals surface area contributed by atoms with Crippen molar-refractivity contribution in [2.75, 3.05) is 0 Å². The molecule has 0 saturated carbocycles. The minimum absolute atomic E-state index is 0.521. The Morgan fingerprint density at radius 1 is 1.24 bits per heavy atom. The molecule has 1 aliphatic heterocycles. The van der Waals surface area contributed by atoms with Crippen LogP contribution in [0.1, 0.15) is 33.2 Å². The zero-order valence-corrected chi connectivity index (χ0v) is 10.5. The standard InChI is InChI=1S/C14H14O2S/c1-9-13(4-5-17-9)14(15)10-2-3-11-7-16-8-12(11)6-10/h2-6,14-15H,7-8H2,1H3. The Bertz CT molecular complexity index is 545. The molecule has 0 bridgehead atoms. The van der Waals surface area contributed by atoms with Gasteiger partial charge >= 0.3 is 0 Å². The van der Waals surface area contributed by atoms with E-state index in [0.29, 0.717) is 13.2 Å². The van der Waals surface area contributed by atoms with E-state index in [1.165, 1.54) is 16.0 Å². The molecule has 88 valence electrons. The molecule has 0 radical (unpaired) electrons. The van der Waals surface area contributed by atoms with Crippen molar-refractivity contribution in [2.45, 2.75) is 26.2 Å². The van der Waals surface area contributed by atoms with Crippen LogP contribution in [0.15, 0.2) is 29.6 Å². The lowest BCUT2D eigenvalue weighted by Gasteiger charge is -2.12. The SMILES string of the molecule is Cc1sccc1C(O)c1ccc2c(c1)COC2. The highest BCUT2D eigenvalue weighted by Gasteiger charge is 2.17. The van der Waals surface area contributed by atoms with Gasteiger partial charge in [0.1, 0.15) is 6.10 Å². The summed E-state index contributed by atoms with van der Waals surface area (Å²) in [5.41, 5.74) is 4.40. The molecule has 3 heteroatoms. The molecular formula is C14H14O2S. The molecule has 0 fully saturated rings. The van der Waals surface area contributed by atoms with Crippen LogP contribution in [0.25, 0.3) is 0 Å². The Balaban J connectivity index is 1.97. The zero-order chi connectivity index (χ0) is 11.8. The number of thiophene rings is 1. The molecule has 0 saturated heterocycles. The lowest BCUT2D eigenvalue weighted by molar-refractivity contribution is 0.134. The van der Waals surface area contributed by atoms with E-state index in [-0.39, 0.29) is 0 Å². The van der Waals surface area contributed by atoms with E-state index in [0.717, 1.165) is 11.1 Å². The maximum Gasteiger partial charge on any atom is 0.105 e. The predicted molar refractivity (Wildman–Crippen MR) is 68.1 cm³/mol. The number of ether oxygens (including phenoxy) is 1. The summed E-state index contributed by atoms with van der Waals surface area (Å²) in [6.07, 6.45) is -0.521. The number of fused-ring (bicyclic) bond motifs is 1. The van der Waals surface area contributed by atoms with Crippen molar-refractivity contribution in [1.29, 1.82) is 0 Å². The molecule has 1 aromatic heterocycles. The van der Waals surface area contributed by atoms with Crippen molar-refractivity contribution < 1.29 is 9.84 Å². The van der Waals surface area contributed by atoms with Gasteiger partial charge in [0, 0.05) is 4.88 Å². The van der Waals surface area contributed by atoms with Crippen molar-refractivity contribution in [3.05, 3.63) is 56.8 Å². The second-order valence-electron chi connectivity index (χ2n) is 4.36. The maximum atomic E-state index is 10.4. The second kappa shape index (κ2) is 4.26. The average Bonchev–Trinajstić information content (AvgIpc) is 2.95. The minimum Gasteiger partial charge on any atom is -0.384 e. The van der Waals surface area contributed by atoms with Crippen molar-refractivity contribution >= 4 is 11.3 Å². The smallest absolute Gasteiger partial charge is 0.105 e. The summed E-state index contributed by atoms with van der Waals surface area (Å²) in [7, 11) is 0. The first-order chi connectivity index (χ1) is 8.25. The number of rotatable bonds is 2. The van der Waals surface area contributed by atoms with E-state index < -0.39 is 6.10 Å². The van der Waals surface area contributed by atoms with E-state index in [2.05, 4.69) is 12.1 Å². The van der Waals surface area contributed by atoms with Gasteiger partial charge in [0.15, 0.2) is 0 Å². The van der Waals surface area contributed by atoms with Crippen molar-refractivity contribution in [1.82, 2.24) is 0 Å². The number of benzene rings is 1. The molecule has 1 atom stereocenters. The first kappa shape index (κ1) is 11.0. The summed E-state index contributed by atoms with van der Waals surface area (Å²) in [6, 6.07) is 8.11. The Morgan fingerprint density at radius 3 is 2.82 bits per heavy atom. The molecule has 1 unspecified atom stereocenters. The van der Waals surface area contributed by atoms with Gasteiger partial charge in [-0.05, 0) is 40.6 Å². The van der Waals surface area contributed by atoms with E-state index in [4.69, 9.17) is 4.74 Å². The lowest BCUT2D eigenvalue weighted by atomic mass is 9.98. The molecule has 0 spiro atoms. The van der Waals surface area contributed by atoms with Gasteiger partial charge in [0.25, 0.3) is 0 Å². The zero-order valence-electron chi connectivity index (χ0n) is 9.64. The van der Waals surface area contributed by atoms with Gasteiger partial charge in [0.2, 0.25) is 0 Å². The molecule has 0 amide bonds. The molecule has 17 heavy (non-hydrogen) atoms. The quantitative estimate of drug-likeness (QED) is 0.882. The highest BCUT2D eigenvalue weighted by atomic mass is 32.1. The van der Waals surface area contributed by atoms with E-state index in [1.54, 1.807) is 11.3 Å². The summed E-state index contributed by atoms with van der Waals surface area (Å²) >= 11 is 1.67. The fourth-order valence-corrected chi connectivity index (χ4v) is 2.95. The second-order valence-corrected chi connectivity index (χ2v) is 5.48. The molecule has 1 aromatic carbocycles. The van der Waals surface area contributed by atoms with E-state index in [9.17, 15) is 5.11 Å². The van der Waals surface area contributed by atoms with Gasteiger partial charge in [-0.3, -0.25) is 0 Å². The monoisotopic (exact) mass is 246 g/mol. The van der Waals surface area contributed by atoms with Crippen LogP contribution in [0.5, 0.6) is 0 Å². The summed E-state index contributed by atoms with van der Waals surface area (Å²) < 4.78 is 5.38. The molecule has 3 rings (SSSR count). The summed E-state index contributed by atoms with van der Waals surface area (Å²) in [4.78, 5) is 1.18. The van der Waals surface area contributed by atoms with Crippen LogP contribution in [0.4, 0.5) is 0 Å². The number of hydrogen-bond acceptors (Lipinski definition) is 3. The average molecular weight is 246 g/mol. The fraction of sp³-hybridized carbons (Fsp3) is 0.286. The molecular weight excluding hydrogens is 232 g/mol. The molecule has 1 aliphatic rings. The highest BCUT2D eigenvalue weighted by molar-refractivity contribution is 7.10. The normalized spacial score (nSPS) is 15.9. The molecule has 1 N–H and O–H groups in total. The van der Waals surface area contributed by atoms with Crippen LogP contribution in [-0.2, 0) is 18.0 Å². The van der Waals surface area contributed by atoms with Gasteiger partial charge < -0.3 is 9.84 Å². The first-order valence-electron chi connectivity index (χ1n) is 5.67. The van der Waals surface area contributed by atoms with Crippen molar-refractivity contribution in [3.63, 3.8) is 0 Å². The van der Waals surface area contributed by atoms with Gasteiger partial charge in [-0.25, -0.2) is 0 Å². The summed E-state index contributed by atoms with van der Waals surface area (Å²) in [5.74, 6) is 0. The lowest BCUT2D eigenvalue weighted by Crippen LogP contribution is -2.00. The third kappa shape index (κ3) is 1.90. The van der Waals surface area contributed by atoms with Crippen LogP contribution < -0.4 is 0 Å². The van der Waals surface area contributed by atoms with Crippen LogP contribution in [0.2, 0.25) is 0 Å². The van der Waals surface area contributed by atoms with Gasteiger partial charge in [-0.2, -0.15) is 0 Å². The number of aliphatic hydroxyl groups is 1. The van der Waals surface area contributed by atoms with Crippen LogP contribution >= 0.6 is 11.3 Å². The highest BCUT2D eigenvalue weighted by Crippen LogP contribution is 2.30. The maximum absolute atomic E-state index is 10.4. The number of aliphatic hydroxyl groups excluding tert-OH is 1. The van der Waals surface area contributed by atoms with Gasteiger partial charge in [-0.15, -0.1) is 11.3 Å².